The Bertz CT molecular complexity index is 636. The SMILES string of the molecule is CC(C#N)Sc1nnc(Cc2cccs2)n1C1CCCCC1. The second-order valence-corrected chi connectivity index (χ2v) is 8.05. The Labute approximate surface area is 139 Å². The summed E-state index contributed by atoms with van der Waals surface area (Å²) in [5.74, 6) is 1.04. The highest BCUT2D eigenvalue weighted by Crippen LogP contribution is 2.34. The predicted octanol–water partition coefficient (Wildman–Crippen LogP) is 4.44. The van der Waals surface area contributed by atoms with Crippen LogP contribution >= 0.6 is 23.1 Å². The first-order valence-electron chi connectivity index (χ1n) is 7.80. The van der Waals surface area contributed by atoms with Crippen LogP contribution in [0.1, 0.15) is 55.8 Å². The van der Waals surface area contributed by atoms with Gasteiger partial charge in [0.15, 0.2) is 5.16 Å². The number of thiophene rings is 1. The third-order valence-corrected chi connectivity index (χ3v) is 5.88. The number of rotatable bonds is 5. The molecule has 1 unspecified atom stereocenters. The quantitative estimate of drug-likeness (QED) is 0.760. The van der Waals surface area contributed by atoms with Gasteiger partial charge in [0.25, 0.3) is 0 Å². The lowest BCUT2D eigenvalue weighted by atomic mass is 9.95. The molecule has 1 aliphatic carbocycles. The molecular weight excluding hydrogens is 312 g/mol. The largest absolute Gasteiger partial charge is 0.303 e. The van der Waals surface area contributed by atoms with E-state index in [1.807, 2.05) is 6.92 Å². The van der Waals surface area contributed by atoms with Crippen molar-refractivity contribution < 1.29 is 0 Å². The molecule has 0 radical (unpaired) electrons. The van der Waals surface area contributed by atoms with E-state index in [1.54, 1.807) is 11.3 Å². The van der Waals surface area contributed by atoms with Crippen LogP contribution in [0.3, 0.4) is 0 Å². The smallest absolute Gasteiger partial charge is 0.192 e. The minimum Gasteiger partial charge on any atom is -0.303 e. The van der Waals surface area contributed by atoms with Crippen LogP contribution in [0, 0.1) is 11.3 Å². The Morgan fingerprint density at radius 1 is 1.41 bits per heavy atom. The molecule has 2 heterocycles. The summed E-state index contributed by atoms with van der Waals surface area (Å²) in [4.78, 5) is 1.31. The van der Waals surface area contributed by atoms with E-state index in [2.05, 4.69) is 38.3 Å². The van der Waals surface area contributed by atoms with E-state index < -0.39 is 0 Å². The Kier molecular flexibility index (Phi) is 5.16. The average Bonchev–Trinajstić information content (AvgIpc) is 3.19. The highest BCUT2D eigenvalue weighted by Gasteiger charge is 2.24. The molecule has 1 atom stereocenters. The van der Waals surface area contributed by atoms with Crippen LogP contribution in [-0.4, -0.2) is 20.0 Å². The van der Waals surface area contributed by atoms with Gasteiger partial charge in [0.05, 0.1) is 11.3 Å². The van der Waals surface area contributed by atoms with Crippen molar-refractivity contribution in [2.75, 3.05) is 0 Å². The highest BCUT2D eigenvalue weighted by molar-refractivity contribution is 8.00. The molecule has 4 nitrogen and oxygen atoms in total. The average molecular weight is 332 g/mol. The molecule has 3 rings (SSSR count). The van der Waals surface area contributed by atoms with Gasteiger partial charge in [-0.05, 0) is 31.2 Å². The topological polar surface area (TPSA) is 54.5 Å². The van der Waals surface area contributed by atoms with Crippen LogP contribution < -0.4 is 0 Å². The fourth-order valence-corrected chi connectivity index (χ4v) is 4.49. The third-order valence-electron chi connectivity index (χ3n) is 4.05. The summed E-state index contributed by atoms with van der Waals surface area (Å²) in [7, 11) is 0. The van der Waals surface area contributed by atoms with Gasteiger partial charge >= 0.3 is 0 Å². The Morgan fingerprint density at radius 3 is 2.91 bits per heavy atom. The van der Waals surface area contributed by atoms with Crippen LogP contribution in [-0.2, 0) is 6.42 Å². The van der Waals surface area contributed by atoms with Crippen LogP contribution in [0.15, 0.2) is 22.7 Å². The summed E-state index contributed by atoms with van der Waals surface area (Å²) in [6.45, 7) is 1.92. The normalized spacial score (nSPS) is 17.3. The Hall–Kier alpha value is -1.32. The van der Waals surface area contributed by atoms with Crippen molar-refractivity contribution in [3.05, 3.63) is 28.2 Å². The second kappa shape index (κ2) is 7.30. The maximum absolute atomic E-state index is 9.08. The van der Waals surface area contributed by atoms with Crippen molar-refractivity contribution in [3.63, 3.8) is 0 Å². The van der Waals surface area contributed by atoms with Gasteiger partial charge in [-0.2, -0.15) is 5.26 Å². The fraction of sp³-hybridized carbons (Fsp3) is 0.562. The molecule has 2 aromatic rings. The first kappa shape index (κ1) is 15.6. The second-order valence-electron chi connectivity index (χ2n) is 5.71. The van der Waals surface area contributed by atoms with Crippen molar-refractivity contribution in [3.8, 4) is 6.07 Å². The fourth-order valence-electron chi connectivity index (χ4n) is 2.97. The van der Waals surface area contributed by atoms with Gasteiger partial charge in [0.2, 0.25) is 0 Å². The van der Waals surface area contributed by atoms with Gasteiger partial charge in [-0.15, -0.1) is 21.5 Å². The predicted molar refractivity (Wildman–Crippen MR) is 90.2 cm³/mol. The summed E-state index contributed by atoms with van der Waals surface area (Å²) in [6.07, 6.45) is 7.12. The lowest BCUT2D eigenvalue weighted by Gasteiger charge is -2.25. The van der Waals surface area contributed by atoms with Gasteiger partial charge < -0.3 is 4.57 Å². The van der Waals surface area contributed by atoms with Gasteiger partial charge in [-0.3, -0.25) is 0 Å². The van der Waals surface area contributed by atoms with E-state index >= 15 is 0 Å². The molecule has 22 heavy (non-hydrogen) atoms. The van der Waals surface area contributed by atoms with Gasteiger partial charge in [0, 0.05) is 17.3 Å². The van der Waals surface area contributed by atoms with E-state index in [9.17, 15) is 0 Å². The number of nitrogens with zero attached hydrogens (tertiary/aromatic N) is 4. The monoisotopic (exact) mass is 332 g/mol. The number of hydrogen-bond acceptors (Lipinski definition) is 5. The zero-order valence-electron chi connectivity index (χ0n) is 12.7. The van der Waals surface area contributed by atoms with Crippen molar-refractivity contribution in [1.82, 2.24) is 14.8 Å². The van der Waals surface area contributed by atoms with Crippen molar-refractivity contribution in [1.29, 1.82) is 5.26 Å². The van der Waals surface area contributed by atoms with Gasteiger partial charge in [-0.1, -0.05) is 37.1 Å². The summed E-state index contributed by atoms with van der Waals surface area (Å²) in [6, 6.07) is 7.00. The Morgan fingerprint density at radius 2 is 2.23 bits per heavy atom. The minimum absolute atomic E-state index is 0.0962. The molecule has 0 spiro atoms. The van der Waals surface area contributed by atoms with Crippen LogP contribution in [0.4, 0.5) is 0 Å². The van der Waals surface area contributed by atoms with E-state index in [-0.39, 0.29) is 5.25 Å². The van der Waals surface area contributed by atoms with Gasteiger partial charge in [0.1, 0.15) is 5.82 Å². The molecule has 0 N–H and O–H groups in total. The zero-order chi connectivity index (χ0) is 15.4. The minimum atomic E-state index is -0.0962. The maximum atomic E-state index is 9.08. The third kappa shape index (κ3) is 3.53. The number of thioether (sulfide) groups is 1. The molecule has 6 heteroatoms. The van der Waals surface area contributed by atoms with Gasteiger partial charge in [-0.25, -0.2) is 0 Å². The lowest BCUT2D eigenvalue weighted by Crippen LogP contribution is -2.17. The van der Waals surface area contributed by atoms with E-state index in [4.69, 9.17) is 5.26 Å². The molecule has 0 amide bonds. The molecule has 116 valence electrons. The molecule has 1 aliphatic rings. The van der Waals surface area contributed by atoms with Crippen molar-refractivity contribution in [2.24, 2.45) is 0 Å². The standard InChI is InChI=1S/C16H20N4S2/c1-12(11-17)22-16-19-18-15(10-14-8-5-9-21-14)20(16)13-6-3-2-4-7-13/h5,8-9,12-13H,2-4,6-7,10H2,1H3. The molecule has 0 aliphatic heterocycles. The maximum Gasteiger partial charge on any atom is 0.192 e. The Balaban J connectivity index is 1.89. The van der Waals surface area contributed by atoms with Crippen LogP contribution in [0.2, 0.25) is 0 Å². The van der Waals surface area contributed by atoms with Crippen LogP contribution in [0.5, 0.6) is 0 Å². The van der Waals surface area contributed by atoms with Crippen molar-refractivity contribution in [2.45, 2.75) is 61.9 Å². The van der Waals surface area contributed by atoms with Crippen LogP contribution in [0.25, 0.3) is 0 Å². The molecule has 2 aromatic heterocycles. The first-order chi connectivity index (χ1) is 10.8. The number of aromatic nitrogens is 3. The summed E-state index contributed by atoms with van der Waals surface area (Å²) >= 11 is 3.29. The molecule has 0 bridgehead atoms. The van der Waals surface area contributed by atoms with E-state index in [0.717, 1.165) is 17.4 Å². The summed E-state index contributed by atoms with van der Waals surface area (Å²) in [5.41, 5.74) is 0. The molecule has 1 fully saturated rings. The van der Waals surface area contributed by atoms with E-state index in [1.165, 1.54) is 48.7 Å². The summed E-state index contributed by atoms with van der Waals surface area (Å²) in [5, 5.41) is 20.8. The number of hydrogen-bond donors (Lipinski definition) is 0. The molecule has 1 saturated carbocycles. The highest BCUT2D eigenvalue weighted by atomic mass is 32.2. The summed E-state index contributed by atoms with van der Waals surface area (Å²) < 4.78 is 2.32. The lowest BCUT2D eigenvalue weighted by molar-refractivity contribution is 0.330. The first-order valence-corrected chi connectivity index (χ1v) is 9.56. The zero-order valence-corrected chi connectivity index (χ0v) is 14.4. The van der Waals surface area contributed by atoms with E-state index in [0.29, 0.717) is 6.04 Å². The molecular formula is C16H20N4S2. The molecule has 0 saturated heterocycles. The van der Waals surface area contributed by atoms with Crippen molar-refractivity contribution >= 4 is 23.1 Å². The molecule has 0 aromatic carbocycles. The number of nitriles is 1.